The fourth-order valence-corrected chi connectivity index (χ4v) is 6.10. The number of piperazine rings is 1. The van der Waals surface area contributed by atoms with Gasteiger partial charge in [-0.2, -0.15) is 9.97 Å². The van der Waals surface area contributed by atoms with Crippen molar-refractivity contribution in [2.24, 2.45) is 0 Å². The molecular weight excluding hydrogens is 506 g/mol. The monoisotopic (exact) mass is 545 g/mol. The zero-order valence-electron chi connectivity index (χ0n) is 23.4. The standard InChI is InChI=1S/C30H39N7O3/c1-3-27(38)35-12-14-36(15-13-35)29-24-8-11-37(28-22(2)5-6-25-23(28)7-9-31-25)21-26(24)32-30(33-29)40-18-4-10-34-16-19-39-20-17-34/h3,5-7,9,31H,1,4,8,10-21H2,2H3. The third kappa shape index (κ3) is 5.51. The van der Waals surface area contributed by atoms with E-state index < -0.39 is 0 Å². The van der Waals surface area contributed by atoms with E-state index >= 15 is 0 Å². The number of hydrogen-bond donors (Lipinski definition) is 1. The summed E-state index contributed by atoms with van der Waals surface area (Å²) in [5.74, 6) is 0.939. The highest BCUT2D eigenvalue weighted by atomic mass is 16.5. The summed E-state index contributed by atoms with van der Waals surface area (Å²) in [5.41, 5.74) is 5.88. The van der Waals surface area contributed by atoms with Crippen LogP contribution in [0.2, 0.25) is 0 Å². The van der Waals surface area contributed by atoms with E-state index in [2.05, 4.69) is 51.4 Å². The van der Waals surface area contributed by atoms with Crippen molar-refractivity contribution in [1.29, 1.82) is 0 Å². The lowest BCUT2D eigenvalue weighted by molar-refractivity contribution is -0.126. The molecule has 40 heavy (non-hydrogen) atoms. The maximum atomic E-state index is 12.2. The molecule has 0 bridgehead atoms. The number of H-pyrrole nitrogens is 1. The Bertz CT molecular complexity index is 1360. The Morgan fingerprint density at radius 2 is 1.90 bits per heavy atom. The molecule has 3 aromatic rings. The van der Waals surface area contributed by atoms with Crippen LogP contribution >= 0.6 is 0 Å². The highest BCUT2D eigenvalue weighted by molar-refractivity contribution is 5.94. The Morgan fingerprint density at radius 1 is 1.07 bits per heavy atom. The molecule has 1 amide bonds. The molecular formula is C30H39N7O3. The van der Waals surface area contributed by atoms with Gasteiger partial charge >= 0.3 is 6.01 Å². The Kier molecular flexibility index (Phi) is 7.88. The second kappa shape index (κ2) is 11.9. The molecule has 212 valence electrons. The summed E-state index contributed by atoms with van der Waals surface area (Å²) in [6.07, 6.45) is 5.17. The van der Waals surface area contributed by atoms with Crippen LogP contribution in [0.15, 0.2) is 37.1 Å². The van der Waals surface area contributed by atoms with Gasteiger partial charge in [0.1, 0.15) is 5.82 Å². The number of rotatable bonds is 8. The average molecular weight is 546 g/mol. The largest absolute Gasteiger partial charge is 0.463 e. The molecule has 3 aliphatic heterocycles. The van der Waals surface area contributed by atoms with Gasteiger partial charge in [0, 0.05) is 80.7 Å². The Labute approximate surface area is 235 Å². The van der Waals surface area contributed by atoms with E-state index in [1.165, 1.54) is 28.3 Å². The molecule has 5 heterocycles. The predicted octanol–water partition coefficient (Wildman–Crippen LogP) is 2.76. The van der Waals surface area contributed by atoms with Crippen LogP contribution in [0.25, 0.3) is 10.9 Å². The number of aromatic nitrogens is 3. The average Bonchev–Trinajstić information content (AvgIpc) is 3.47. The summed E-state index contributed by atoms with van der Waals surface area (Å²) >= 11 is 0. The van der Waals surface area contributed by atoms with Gasteiger partial charge < -0.3 is 29.2 Å². The first-order chi connectivity index (χ1) is 19.6. The number of morpholine rings is 1. The molecule has 0 radical (unpaired) electrons. The van der Waals surface area contributed by atoms with E-state index in [-0.39, 0.29) is 5.91 Å². The number of amides is 1. The number of aryl methyl sites for hydroxylation is 1. The van der Waals surface area contributed by atoms with Crippen LogP contribution in [0.3, 0.4) is 0 Å². The van der Waals surface area contributed by atoms with Gasteiger partial charge in [0.25, 0.3) is 0 Å². The summed E-state index contributed by atoms with van der Waals surface area (Å²) < 4.78 is 11.6. The predicted molar refractivity (Wildman–Crippen MR) is 156 cm³/mol. The maximum absolute atomic E-state index is 12.2. The number of benzene rings is 1. The summed E-state index contributed by atoms with van der Waals surface area (Å²) in [5, 5.41) is 1.24. The molecule has 0 saturated carbocycles. The van der Waals surface area contributed by atoms with Crippen LogP contribution in [0.4, 0.5) is 11.5 Å². The summed E-state index contributed by atoms with van der Waals surface area (Å²) in [4.78, 5) is 34.4. The molecule has 2 aromatic heterocycles. The number of nitrogens with zero attached hydrogens (tertiary/aromatic N) is 6. The maximum Gasteiger partial charge on any atom is 0.318 e. The second-order valence-corrected chi connectivity index (χ2v) is 10.8. The molecule has 6 rings (SSSR count). The van der Waals surface area contributed by atoms with E-state index in [9.17, 15) is 4.79 Å². The van der Waals surface area contributed by atoms with Gasteiger partial charge in [-0.3, -0.25) is 9.69 Å². The molecule has 0 spiro atoms. The molecule has 0 aliphatic carbocycles. The third-order valence-electron chi connectivity index (χ3n) is 8.27. The lowest BCUT2D eigenvalue weighted by atomic mass is 10.0. The molecule has 0 atom stereocenters. The Hall–Kier alpha value is -3.63. The molecule has 10 nitrogen and oxygen atoms in total. The normalized spacial score (nSPS) is 18.2. The molecule has 10 heteroatoms. The van der Waals surface area contributed by atoms with Gasteiger partial charge in [0.15, 0.2) is 0 Å². The lowest BCUT2D eigenvalue weighted by Crippen LogP contribution is -2.49. The molecule has 1 aromatic carbocycles. The first-order valence-electron chi connectivity index (χ1n) is 14.4. The van der Waals surface area contributed by atoms with Gasteiger partial charge in [-0.1, -0.05) is 12.6 Å². The number of ether oxygens (including phenoxy) is 2. The zero-order chi connectivity index (χ0) is 27.5. The van der Waals surface area contributed by atoms with Gasteiger partial charge in [0.05, 0.1) is 32.1 Å². The van der Waals surface area contributed by atoms with E-state index in [1.54, 1.807) is 0 Å². The van der Waals surface area contributed by atoms with Gasteiger partial charge in [-0.15, -0.1) is 0 Å². The topological polar surface area (TPSA) is 90.1 Å². The first-order valence-corrected chi connectivity index (χ1v) is 14.4. The first kappa shape index (κ1) is 26.6. The Morgan fingerprint density at radius 3 is 2.70 bits per heavy atom. The van der Waals surface area contributed by atoms with E-state index in [4.69, 9.17) is 19.4 Å². The second-order valence-electron chi connectivity index (χ2n) is 10.8. The molecule has 2 fully saturated rings. The van der Waals surface area contributed by atoms with Crippen LogP contribution < -0.4 is 14.5 Å². The van der Waals surface area contributed by atoms with Crippen molar-refractivity contribution in [3.63, 3.8) is 0 Å². The number of hydrogen-bond acceptors (Lipinski definition) is 8. The summed E-state index contributed by atoms with van der Waals surface area (Å²) in [6, 6.07) is 6.93. The van der Waals surface area contributed by atoms with Crippen molar-refractivity contribution in [1.82, 2.24) is 24.8 Å². The number of carbonyl (C=O) groups excluding carboxylic acids is 1. The number of fused-ring (bicyclic) bond motifs is 2. The van der Waals surface area contributed by atoms with Gasteiger partial charge in [0.2, 0.25) is 5.91 Å². The van der Waals surface area contributed by atoms with Crippen LogP contribution in [0, 0.1) is 6.92 Å². The number of anilines is 2. The lowest BCUT2D eigenvalue weighted by Gasteiger charge is -2.38. The Balaban J connectivity index is 1.23. The van der Waals surface area contributed by atoms with E-state index in [1.807, 2.05) is 11.1 Å². The molecule has 1 N–H and O–H groups in total. The zero-order valence-corrected chi connectivity index (χ0v) is 23.4. The molecule has 3 aliphatic rings. The highest BCUT2D eigenvalue weighted by Gasteiger charge is 2.29. The SMILES string of the molecule is C=CC(=O)N1CCN(c2nc(OCCCN3CCOCC3)nc3c2CCN(c2c(C)ccc4[nH]ccc24)C3)CC1. The fourth-order valence-electron chi connectivity index (χ4n) is 6.10. The highest BCUT2D eigenvalue weighted by Crippen LogP contribution is 2.36. The van der Waals surface area contributed by atoms with Crippen molar-refractivity contribution in [3.05, 3.63) is 53.9 Å². The van der Waals surface area contributed by atoms with E-state index in [0.29, 0.717) is 32.3 Å². The van der Waals surface area contributed by atoms with Crippen molar-refractivity contribution < 1.29 is 14.3 Å². The van der Waals surface area contributed by atoms with Crippen molar-refractivity contribution in [2.45, 2.75) is 26.3 Å². The van der Waals surface area contributed by atoms with E-state index in [0.717, 1.165) is 82.4 Å². The van der Waals surface area contributed by atoms with Crippen LogP contribution in [-0.2, 0) is 22.5 Å². The molecule has 0 unspecified atom stereocenters. The third-order valence-corrected chi connectivity index (χ3v) is 8.27. The molecule has 2 saturated heterocycles. The summed E-state index contributed by atoms with van der Waals surface area (Å²) in [6.45, 7) is 15.3. The fraction of sp³-hybridized carbons (Fsp3) is 0.500. The minimum Gasteiger partial charge on any atom is -0.463 e. The summed E-state index contributed by atoms with van der Waals surface area (Å²) in [7, 11) is 0. The number of aromatic amines is 1. The number of nitrogens with one attached hydrogen (secondary N) is 1. The van der Waals surface area contributed by atoms with Crippen molar-refractivity contribution in [3.8, 4) is 6.01 Å². The van der Waals surface area contributed by atoms with Crippen molar-refractivity contribution >= 4 is 28.3 Å². The smallest absolute Gasteiger partial charge is 0.318 e. The van der Waals surface area contributed by atoms with Crippen LogP contribution in [-0.4, -0.2) is 103 Å². The van der Waals surface area contributed by atoms with Gasteiger partial charge in [-0.05, 0) is 43.5 Å². The van der Waals surface area contributed by atoms with Crippen molar-refractivity contribution in [2.75, 3.05) is 82.0 Å². The van der Waals surface area contributed by atoms with Crippen LogP contribution in [0.5, 0.6) is 6.01 Å². The quantitative estimate of drug-likeness (QED) is 0.342. The number of carbonyl (C=O) groups is 1. The van der Waals surface area contributed by atoms with Gasteiger partial charge in [-0.25, -0.2) is 0 Å². The van der Waals surface area contributed by atoms with Crippen LogP contribution in [0.1, 0.15) is 23.2 Å². The minimum absolute atomic E-state index is 0.0152. The minimum atomic E-state index is -0.0152.